The van der Waals surface area contributed by atoms with E-state index < -0.39 is 11.9 Å². The highest BCUT2D eigenvalue weighted by Gasteiger charge is 2.29. The molecule has 1 unspecified atom stereocenters. The number of aliphatic carboxylic acids is 1. The molecule has 2 rings (SSSR count). The molecule has 5 nitrogen and oxygen atoms in total. The van der Waals surface area contributed by atoms with Crippen molar-refractivity contribution in [1.82, 2.24) is 10.2 Å². The van der Waals surface area contributed by atoms with Crippen LogP contribution in [0.1, 0.15) is 19.3 Å². The Balaban J connectivity index is 1.83. The fourth-order valence-corrected chi connectivity index (χ4v) is 3.43. The van der Waals surface area contributed by atoms with E-state index in [1.807, 2.05) is 11.8 Å². The van der Waals surface area contributed by atoms with Gasteiger partial charge in [-0.1, -0.05) is 0 Å². The summed E-state index contributed by atoms with van der Waals surface area (Å²) in [7, 11) is 0. The van der Waals surface area contributed by atoms with Gasteiger partial charge < -0.3 is 15.3 Å². The van der Waals surface area contributed by atoms with Crippen molar-refractivity contribution in [3.63, 3.8) is 0 Å². The van der Waals surface area contributed by atoms with Crippen molar-refractivity contribution in [2.24, 2.45) is 5.92 Å². The summed E-state index contributed by atoms with van der Waals surface area (Å²) in [4.78, 5) is 24.5. The molecule has 2 aliphatic heterocycles. The zero-order valence-corrected chi connectivity index (χ0v) is 10.5. The summed E-state index contributed by atoms with van der Waals surface area (Å²) in [5.41, 5.74) is 0. The van der Waals surface area contributed by atoms with Gasteiger partial charge in [-0.3, -0.25) is 4.79 Å². The summed E-state index contributed by atoms with van der Waals surface area (Å²) in [5.74, 6) is 0.886. The van der Waals surface area contributed by atoms with Crippen LogP contribution in [0.2, 0.25) is 0 Å². The third kappa shape index (κ3) is 3.28. The fourth-order valence-electron chi connectivity index (χ4n) is 2.28. The minimum Gasteiger partial charge on any atom is -0.481 e. The number of likely N-dealkylation sites (tertiary alicyclic amines) is 1. The summed E-state index contributed by atoms with van der Waals surface area (Å²) in [6, 6.07) is 0.168. The van der Waals surface area contributed by atoms with Crippen molar-refractivity contribution < 1.29 is 14.7 Å². The molecular weight excluding hydrogens is 240 g/mol. The number of carbonyl (C=O) groups excluding carboxylic acids is 1. The Labute approximate surface area is 105 Å². The first-order valence-corrected chi connectivity index (χ1v) is 7.18. The molecule has 0 saturated carbocycles. The molecule has 0 aliphatic carbocycles. The maximum absolute atomic E-state index is 11.9. The van der Waals surface area contributed by atoms with Gasteiger partial charge in [-0.25, -0.2) is 4.79 Å². The predicted molar refractivity (Wildman–Crippen MR) is 66.2 cm³/mol. The molecule has 2 fully saturated rings. The summed E-state index contributed by atoms with van der Waals surface area (Å²) < 4.78 is 0. The van der Waals surface area contributed by atoms with Crippen molar-refractivity contribution in [2.45, 2.75) is 25.3 Å². The highest BCUT2D eigenvalue weighted by atomic mass is 32.2. The van der Waals surface area contributed by atoms with Gasteiger partial charge in [0.2, 0.25) is 0 Å². The third-order valence-corrected chi connectivity index (χ3v) is 4.48. The second-order valence-electron chi connectivity index (χ2n) is 4.63. The highest BCUT2D eigenvalue weighted by molar-refractivity contribution is 7.99. The van der Waals surface area contributed by atoms with Crippen LogP contribution in [0.4, 0.5) is 4.79 Å². The first-order chi connectivity index (χ1) is 8.16. The standard InChI is InChI=1S/C11H18N2O3S/c14-10(15)8-2-1-4-13(6-8)11(16)12-9-3-5-17-7-9/h8-9H,1-7H2,(H,12,16)(H,14,15)/t8-,9?/m1/s1. The van der Waals surface area contributed by atoms with Crippen LogP contribution in [0, 0.1) is 5.92 Å². The number of nitrogens with one attached hydrogen (secondary N) is 1. The van der Waals surface area contributed by atoms with Crippen molar-refractivity contribution in [2.75, 3.05) is 24.6 Å². The van der Waals surface area contributed by atoms with E-state index in [4.69, 9.17) is 5.11 Å². The minimum atomic E-state index is -0.793. The Morgan fingerprint density at radius 3 is 2.82 bits per heavy atom. The van der Waals surface area contributed by atoms with Crippen LogP contribution < -0.4 is 5.32 Å². The number of carboxylic acids is 1. The van der Waals surface area contributed by atoms with E-state index in [1.165, 1.54) is 0 Å². The summed E-state index contributed by atoms with van der Waals surface area (Å²) in [5, 5.41) is 11.9. The second-order valence-corrected chi connectivity index (χ2v) is 5.78. The average molecular weight is 258 g/mol. The van der Waals surface area contributed by atoms with Gasteiger partial charge in [-0.2, -0.15) is 11.8 Å². The second kappa shape index (κ2) is 5.62. The molecule has 0 spiro atoms. The Morgan fingerprint density at radius 1 is 1.35 bits per heavy atom. The van der Waals surface area contributed by atoms with Gasteiger partial charge in [-0.15, -0.1) is 0 Å². The van der Waals surface area contributed by atoms with Crippen LogP contribution in [0.3, 0.4) is 0 Å². The molecule has 6 heteroatoms. The van der Waals surface area contributed by atoms with Gasteiger partial charge in [0.25, 0.3) is 0 Å². The molecule has 0 aromatic rings. The van der Waals surface area contributed by atoms with Crippen LogP contribution >= 0.6 is 11.8 Å². The first kappa shape index (κ1) is 12.5. The van der Waals surface area contributed by atoms with Crippen molar-refractivity contribution in [3.05, 3.63) is 0 Å². The number of urea groups is 1. The topological polar surface area (TPSA) is 69.6 Å². The predicted octanol–water partition coefficient (Wildman–Crippen LogP) is 0.998. The Kier molecular flexibility index (Phi) is 4.15. The van der Waals surface area contributed by atoms with Crippen LogP contribution in [-0.2, 0) is 4.79 Å². The SMILES string of the molecule is O=C(O)[C@@H]1CCCN(C(=O)NC2CCSC2)C1. The molecule has 2 amide bonds. The summed E-state index contributed by atoms with van der Waals surface area (Å²) in [6.45, 7) is 1.02. The maximum atomic E-state index is 11.9. The molecule has 2 N–H and O–H groups in total. The zero-order valence-electron chi connectivity index (χ0n) is 9.72. The number of carbonyl (C=O) groups is 2. The van der Waals surface area contributed by atoms with E-state index in [9.17, 15) is 9.59 Å². The number of hydrogen-bond acceptors (Lipinski definition) is 3. The Hall–Kier alpha value is -0.910. The van der Waals surface area contributed by atoms with Crippen molar-refractivity contribution >= 4 is 23.8 Å². The van der Waals surface area contributed by atoms with Crippen LogP contribution in [-0.4, -0.2) is 52.6 Å². The molecule has 0 radical (unpaired) electrons. The van der Waals surface area contributed by atoms with Crippen LogP contribution in [0.25, 0.3) is 0 Å². The molecule has 0 bridgehead atoms. The Bertz CT molecular complexity index is 305. The molecule has 2 aliphatic rings. The fraction of sp³-hybridized carbons (Fsp3) is 0.818. The monoisotopic (exact) mass is 258 g/mol. The van der Waals surface area contributed by atoms with Crippen LogP contribution in [0.15, 0.2) is 0 Å². The number of hydrogen-bond donors (Lipinski definition) is 2. The molecule has 2 saturated heterocycles. The first-order valence-electron chi connectivity index (χ1n) is 6.03. The van der Waals surface area contributed by atoms with Gasteiger partial charge in [0.1, 0.15) is 0 Å². The van der Waals surface area contributed by atoms with Gasteiger partial charge in [0, 0.05) is 24.9 Å². The zero-order chi connectivity index (χ0) is 12.3. The van der Waals surface area contributed by atoms with E-state index in [2.05, 4.69) is 5.32 Å². The van der Waals surface area contributed by atoms with Gasteiger partial charge in [0.05, 0.1) is 5.92 Å². The van der Waals surface area contributed by atoms with E-state index in [0.717, 1.165) is 24.3 Å². The molecule has 0 aromatic heterocycles. The quantitative estimate of drug-likeness (QED) is 0.775. The number of nitrogens with zero attached hydrogens (tertiary/aromatic N) is 1. The van der Waals surface area contributed by atoms with Gasteiger partial charge in [-0.05, 0) is 25.0 Å². The molecule has 96 valence electrons. The van der Waals surface area contributed by atoms with Crippen molar-refractivity contribution in [1.29, 1.82) is 0 Å². The summed E-state index contributed by atoms with van der Waals surface area (Å²) in [6.07, 6.45) is 2.48. The average Bonchev–Trinajstić information content (AvgIpc) is 2.82. The lowest BCUT2D eigenvalue weighted by Crippen LogP contribution is -2.49. The maximum Gasteiger partial charge on any atom is 0.317 e. The molecular formula is C11H18N2O3S. The van der Waals surface area contributed by atoms with E-state index in [-0.39, 0.29) is 12.1 Å². The van der Waals surface area contributed by atoms with E-state index in [0.29, 0.717) is 19.5 Å². The van der Waals surface area contributed by atoms with Gasteiger partial charge in [0.15, 0.2) is 0 Å². The van der Waals surface area contributed by atoms with E-state index in [1.54, 1.807) is 4.90 Å². The van der Waals surface area contributed by atoms with Gasteiger partial charge >= 0.3 is 12.0 Å². The van der Waals surface area contributed by atoms with Crippen molar-refractivity contribution in [3.8, 4) is 0 Å². The number of carboxylic acid groups (broad SMARTS) is 1. The minimum absolute atomic E-state index is 0.0940. The molecule has 0 aromatic carbocycles. The number of amides is 2. The molecule has 17 heavy (non-hydrogen) atoms. The summed E-state index contributed by atoms with van der Waals surface area (Å²) >= 11 is 1.85. The number of piperidine rings is 1. The number of thioether (sulfide) groups is 1. The number of rotatable bonds is 2. The normalized spacial score (nSPS) is 29.1. The Morgan fingerprint density at radius 2 is 2.18 bits per heavy atom. The van der Waals surface area contributed by atoms with Crippen LogP contribution in [0.5, 0.6) is 0 Å². The lowest BCUT2D eigenvalue weighted by molar-refractivity contribution is -0.143. The smallest absolute Gasteiger partial charge is 0.317 e. The highest BCUT2D eigenvalue weighted by Crippen LogP contribution is 2.19. The molecule has 2 atom stereocenters. The lowest BCUT2D eigenvalue weighted by Gasteiger charge is -2.31. The lowest BCUT2D eigenvalue weighted by atomic mass is 9.99. The van der Waals surface area contributed by atoms with E-state index >= 15 is 0 Å². The molecule has 2 heterocycles. The third-order valence-electron chi connectivity index (χ3n) is 3.32. The largest absolute Gasteiger partial charge is 0.481 e.